The van der Waals surface area contributed by atoms with Gasteiger partial charge in [0.15, 0.2) is 0 Å². The van der Waals surface area contributed by atoms with E-state index in [4.69, 9.17) is 9.72 Å². The lowest BCUT2D eigenvalue weighted by molar-refractivity contribution is 0.270. The van der Waals surface area contributed by atoms with Crippen LogP contribution in [0.5, 0.6) is 5.75 Å². The summed E-state index contributed by atoms with van der Waals surface area (Å²) in [6, 6.07) is 38.6. The van der Waals surface area contributed by atoms with Crippen LogP contribution >= 0.6 is 0 Å². The first-order valence-electron chi connectivity index (χ1n) is 13.1. The van der Waals surface area contributed by atoms with Gasteiger partial charge in [-0.25, -0.2) is 4.98 Å². The number of benzene rings is 5. The minimum Gasteiger partial charge on any atom is -0.484 e. The van der Waals surface area contributed by atoms with Crippen LogP contribution in [0.1, 0.15) is 11.5 Å². The molecule has 180 valence electrons. The van der Waals surface area contributed by atoms with Crippen LogP contribution in [0, 0.1) is 0 Å². The number of hydrogen-bond acceptors (Lipinski definition) is 2. The average Bonchev–Trinajstić information content (AvgIpc) is 3.56. The fourth-order valence-corrected chi connectivity index (χ4v) is 5.98. The zero-order valence-corrected chi connectivity index (χ0v) is 20.7. The van der Waals surface area contributed by atoms with Crippen LogP contribution in [0.4, 0.5) is 0 Å². The average molecular weight is 489 g/mol. The monoisotopic (exact) mass is 488 g/mol. The number of allylic oxidation sites excluding steroid dienone is 2. The smallest absolute Gasteiger partial charge is 0.145 e. The number of nitrogens with zero attached hydrogens (tertiary/aromatic N) is 2. The molecule has 8 rings (SSSR count). The molecule has 5 aromatic carbocycles. The Morgan fingerprint density at radius 3 is 2.47 bits per heavy atom. The molecular formula is C35H24N2O. The first kappa shape index (κ1) is 21.2. The maximum atomic E-state index is 6.47. The van der Waals surface area contributed by atoms with Gasteiger partial charge >= 0.3 is 0 Å². The first-order chi connectivity index (χ1) is 18.8. The van der Waals surface area contributed by atoms with Crippen molar-refractivity contribution in [3.63, 3.8) is 0 Å². The van der Waals surface area contributed by atoms with Gasteiger partial charge in [-0.05, 0) is 41.3 Å². The minimum absolute atomic E-state index is 0.0647. The predicted molar refractivity (Wildman–Crippen MR) is 155 cm³/mol. The quantitative estimate of drug-likeness (QED) is 0.250. The molecule has 0 amide bonds. The Morgan fingerprint density at radius 1 is 0.684 bits per heavy atom. The molecule has 3 heteroatoms. The number of para-hydroxylation sites is 3. The van der Waals surface area contributed by atoms with Crippen molar-refractivity contribution >= 4 is 21.8 Å². The molecule has 2 atom stereocenters. The summed E-state index contributed by atoms with van der Waals surface area (Å²) in [7, 11) is 0. The molecule has 0 N–H and O–H groups in total. The Hall–Kier alpha value is -4.89. The van der Waals surface area contributed by atoms with Crippen LogP contribution in [0.2, 0.25) is 0 Å². The van der Waals surface area contributed by atoms with E-state index in [9.17, 15) is 0 Å². The van der Waals surface area contributed by atoms with Crippen molar-refractivity contribution < 1.29 is 4.74 Å². The molecule has 2 aliphatic rings. The third-order valence-corrected chi connectivity index (χ3v) is 7.74. The largest absolute Gasteiger partial charge is 0.484 e. The summed E-state index contributed by atoms with van der Waals surface area (Å²) in [5.41, 5.74) is 7.77. The lowest BCUT2D eigenvalue weighted by Crippen LogP contribution is -2.15. The maximum absolute atomic E-state index is 6.47. The normalized spacial score (nSPS) is 17.5. The molecule has 1 aliphatic carbocycles. The topological polar surface area (TPSA) is 27.1 Å². The van der Waals surface area contributed by atoms with Crippen molar-refractivity contribution in [2.75, 3.05) is 0 Å². The van der Waals surface area contributed by atoms with Crippen LogP contribution in [-0.2, 0) is 0 Å². The molecular weight excluding hydrogens is 464 g/mol. The summed E-state index contributed by atoms with van der Waals surface area (Å²) >= 11 is 0. The fraction of sp³-hybridized carbons (Fsp3) is 0.0571. The number of ether oxygens (including phenoxy) is 1. The Bertz CT molecular complexity index is 1920. The number of imidazole rings is 1. The highest BCUT2D eigenvalue weighted by Crippen LogP contribution is 2.47. The van der Waals surface area contributed by atoms with Gasteiger partial charge in [0.25, 0.3) is 0 Å². The third kappa shape index (κ3) is 3.18. The van der Waals surface area contributed by atoms with Gasteiger partial charge in [0.2, 0.25) is 0 Å². The highest BCUT2D eigenvalue weighted by Gasteiger charge is 2.33. The van der Waals surface area contributed by atoms with E-state index in [1.54, 1.807) is 0 Å². The number of aromatic nitrogens is 2. The minimum atomic E-state index is 0.0647. The van der Waals surface area contributed by atoms with Crippen LogP contribution in [0.15, 0.2) is 133 Å². The lowest BCUT2D eigenvalue weighted by Gasteiger charge is -2.14. The third-order valence-electron chi connectivity index (χ3n) is 7.74. The van der Waals surface area contributed by atoms with Gasteiger partial charge in [0, 0.05) is 28.0 Å². The predicted octanol–water partition coefficient (Wildman–Crippen LogP) is 8.48. The molecule has 0 fully saturated rings. The Balaban J connectivity index is 1.33. The Kier molecular flexibility index (Phi) is 4.65. The molecule has 0 bridgehead atoms. The van der Waals surface area contributed by atoms with E-state index < -0.39 is 0 Å². The van der Waals surface area contributed by atoms with E-state index in [2.05, 4.69) is 138 Å². The zero-order chi connectivity index (χ0) is 25.1. The molecule has 6 aromatic rings. The van der Waals surface area contributed by atoms with Gasteiger partial charge in [-0.2, -0.15) is 0 Å². The van der Waals surface area contributed by atoms with Crippen molar-refractivity contribution in [1.82, 2.24) is 9.55 Å². The lowest BCUT2D eigenvalue weighted by atomic mass is 9.90. The van der Waals surface area contributed by atoms with Gasteiger partial charge in [0.1, 0.15) is 17.7 Å². The molecule has 1 aliphatic heterocycles. The molecule has 3 nitrogen and oxygen atoms in total. The van der Waals surface area contributed by atoms with E-state index in [1.807, 2.05) is 0 Å². The van der Waals surface area contributed by atoms with Crippen molar-refractivity contribution in [2.24, 2.45) is 0 Å². The van der Waals surface area contributed by atoms with E-state index in [1.165, 1.54) is 16.3 Å². The summed E-state index contributed by atoms with van der Waals surface area (Å²) in [6.07, 6.45) is 8.64. The molecule has 2 heterocycles. The van der Waals surface area contributed by atoms with E-state index >= 15 is 0 Å². The van der Waals surface area contributed by atoms with Crippen LogP contribution in [0.25, 0.3) is 50.0 Å². The summed E-state index contributed by atoms with van der Waals surface area (Å²) in [6.45, 7) is 0. The maximum Gasteiger partial charge on any atom is 0.145 e. The highest BCUT2D eigenvalue weighted by molar-refractivity contribution is 5.94. The van der Waals surface area contributed by atoms with E-state index in [0.29, 0.717) is 0 Å². The van der Waals surface area contributed by atoms with Crippen molar-refractivity contribution in [1.29, 1.82) is 0 Å². The number of hydrogen-bond donors (Lipinski definition) is 0. The zero-order valence-electron chi connectivity index (χ0n) is 20.7. The van der Waals surface area contributed by atoms with Gasteiger partial charge in [-0.15, -0.1) is 0 Å². The van der Waals surface area contributed by atoms with Gasteiger partial charge in [-0.1, -0.05) is 103 Å². The summed E-state index contributed by atoms with van der Waals surface area (Å²) < 4.78 is 8.77. The molecule has 0 saturated carbocycles. The van der Waals surface area contributed by atoms with Gasteiger partial charge < -0.3 is 4.74 Å². The van der Waals surface area contributed by atoms with Crippen molar-refractivity contribution in [3.8, 4) is 34.0 Å². The van der Waals surface area contributed by atoms with Crippen molar-refractivity contribution in [2.45, 2.75) is 12.0 Å². The van der Waals surface area contributed by atoms with Crippen molar-refractivity contribution in [3.05, 3.63) is 139 Å². The van der Waals surface area contributed by atoms with Crippen LogP contribution in [0.3, 0.4) is 0 Å². The molecule has 38 heavy (non-hydrogen) atoms. The molecule has 0 spiro atoms. The second kappa shape index (κ2) is 8.32. The summed E-state index contributed by atoms with van der Waals surface area (Å²) in [4.78, 5) is 5.15. The second-order valence-corrected chi connectivity index (χ2v) is 9.94. The van der Waals surface area contributed by atoms with E-state index in [0.717, 1.165) is 45.0 Å². The highest BCUT2D eigenvalue weighted by atomic mass is 16.5. The molecule has 0 radical (unpaired) electrons. The SMILES string of the molecule is C1=CC2Oc3c(-c4cccc(-c5nc6ccccc6n5-c5cccc6ccccc56)c4)cccc3C2C=C1. The van der Waals surface area contributed by atoms with E-state index in [-0.39, 0.29) is 12.0 Å². The summed E-state index contributed by atoms with van der Waals surface area (Å²) in [5.74, 6) is 2.18. The molecule has 0 saturated heterocycles. The Morgan fingerprint density at radius 2 is 1.47 bits per heavy atom. The van der Waals surface area contributed by atoms with Crippen LogP contribution in [-0.4, -0.2) is 15.7 Å². The van der Waals surface area contributed by atoms with Gasteiger partial charge in [-0.3, -0.25) is 4.57 Å². The summed E-state index contributed by atoms with van der Waals surface area (Å²) in [5, 5.41) is 2.41. The van der Waals surface area contributed by atoms with Crippen LogP contribution < -0.4 is 4.74 Å². The second-order valence-electron chi connectivity index (χ2n) is 9.94. The molecule has 1 aromatic heterocycles. The first-order valence-corrected chi connectivity index (χ1v) is 13.1. The van der Waals surface area contributed by atoms with Gasteiger partial charge in [0.05, 0.1) is 16.7 Å². The Labute approximate surface area is 221 Å². The number of rotatable bonds is 3. The standard InChI is InChI=1S/C35H24N2O/c1-2-14-26-23(10-1)11-8-20-31(26)37-32-19-5-4-18-30(32)36-35(37)25-13-7-12-24(22-25)27-16-9-17-29-28-15-3-6-21-33(28)38-34(27)29/h1-22,28,33H. The molecule has 2 unspecified atom stereocenters. The fourth-order valence-electron chi connectivity index (χ4n) is 5.98. The number of fused-ring (bicyclic) bond motifs is 5.